The third-order valence-corrected chi connectivity index (χ3v) is 5.57. The SMILES string of the molecule is CC(=O)OCC1=C[C@@H]2OC(=O)C3=CO[C@@H](O[C@H]4O[C@@H](CO)[C@H](O)[C@@H](O)[C@@H]4O)[C@@H]1[C@@H]32. The Hall–Kier alpha value is -2.02. The lowest BCUT2D eigenvalue weighted by molar-refractivity contribution is -0.339. The Morgan fingerprint density at radius 1 is 1.14 bits per heavy atom. The second-order valence-electron chi connectivity index (χ2n) is 7.35. The molecule has 0 aromatic rings. The third-order valence-electron chi connectivity index (χ3n) is 5.57. The normalized spacial score (nSPS) is 43.1. The van der Waals surface area contributed by atoms with Gasteiger partial charge in [0.05, 0.1) is 24.4 Å². The Kier molecular flexibility index (Phi) is 5.36. The lowest BCUT2D eigenvalue weighted by atomic mass is 9.84. The summed E-state index contributed by atoms with van der Waals surface area (Å²) in [6, 6.07) is 0. The average molecular weight is 414 g/mol. The van der Waals surface area contributed by atoms with Crippen LogP contribution in [0.5, 0.6) is 0 Å². The minimum Gasteiger partial charge on any atom is -0.471 e. The number of carbonyl (C=O) groups excluding carboxylic acids is 2. The van der Waals surface area contributed by atoms with Crippen LogP contribution in [-0.4, -0.2) is 88.7 Å². The van der Waals surface area contributed by atoms with Gasteiger partial charge in [-0.1, -0.05) is 0 Å². The van der Waals surface area contributed by atoms with Gasteiger partial charge in [0.1, 0.15) is 37.1 Å². The van der Waals surface area contributed by atoms with Crippen molar-refractivity contribution >= 4 is 11.9 Å². The van der Waals surface area contributed by atoms with Crippen molar-refractivity contribution in [3.8, 4) is 0 Å². The van der Waals surface area contributed by atoms with Crippen LogP contribution in [0, 0.1) is 11.8 Å². The number of hydrogen-bond acceptors (Lipinski definition) is 11. The molecule has 4 aliphatic rings. The van der Waals surface area contributed by atoms with Crippen LogP contribution in [0.4, 0.5) is 0 Å². The second kappa shape index (κ2) is 7.67. The van der Waals surface area contributed by atoms with E-state index in [4.69, 9.17) is 23.7 Å². The molecule has 3 heterocycles. The maximum atomic E-state index is 12.0. The molecular weight excluding hydrogens is 392 g/mol. The van der Waals surface area contributed by atoms with Crippen LogP contribution in [0.3, 0.4) is 0 Å². The lowest BCUT2D eigenvalue weighted by Gasteiger charge is -2.42. The van der Waals surface area contributed by atoms with Crippen molar-refractivity contribution in [2.75, 3.05) is 13.2 Å². The Balaban J connectivity index is 1.56. The summed E-state index contributed by atoms with van der Waals surface area (Å²) in [4.78, 5) is 23.2. The predicted molar refractivity (Wildman–Crippen MR) is 89.4 cm³/mol. The summed E-state index contributed by atoms with van der Waals surface area (Å²) in [6.45, 7) is 0.602. The van der Waals surface area contributed by atoms with Crippen molar-refractivity contribution in [3.05, 3.63) is 23.5 Å². The van der Waals surface area contributed by atoms with E-state index in [1.54, 1.807) is 6.08 Å². The maximum absolute atomic E-state index is 12.0. The molecule has 0 saturated carbocycles. The van der Waals surface area contributed by atoms with E-state index in [0.29, 0.717) is 11.1 Å². The summed E-state index contributed by atoms with van der Waals surface area (Å²) >= 11 is 0. The van der Waals surface area contributed by atoms with Gasteiger partial charge in [-0.05, 0) is 11.6 Å². The fraction of sp³-hybridized carbons (Fsp3) is 0.667. The molecule has 160 valence electrons. The molecule has 4 N–H and O–H groups in total. The van der Waals surface area contributed by atoms with E-state index >= 15 is 0 Å². The highest BCUT2D eigenvalue weighted by Crippen LogP contribution is 2.49. The molecule has 1 aliphatic carbocycles. The van der Waals surface area contributed by atoms with Crippen LogP contribution in [-0.2, 0) is 33.3 Å². The summed E-state index contributed by atoms with van der Waals surface area (Å²) in [5.74, 6) is -1.99. The summed E-state index contributed by atoms with van der Waals surface area (Å²) in [5.41, 5.74) is 0.936. The fourth-order valence-corrected chi connectivity index (χ4v) is 4.12. The minimum atomic E-state index is -1.61. The predicted octanol–water partition coefficient (Wildman–Crippen LogP) is -2.30. The summed E-state index contributed by atoms with van der Waals surface area (Å²) < 4.78 is 27.0. The van der Waals surface area contributed by atoms with Gasteiger partial charge >= 0.3 is 11.9 Å². The third kappa shape index (κ3) is 3.43. The monoisotopic (exact) mass is 414 g/mol. The van der Waals surface area contributed by atoms with Gasteiger partial charge in [-0.3, -0.25) is 4.79 Å². The zero-order valence-corrected chi connectivity index (χ0v) is 15.4. The first-order valence-electron chi connectivity index (χ1n) is 9.18. The molecule has 29 heavy (non-hydrogen) atoms. The van der Waals surface area contributed by atoms with Gasteiger partial charge < -0.3 is 44.1 Å². The molecule has 11 nitrogen and oxygen atoms in total. The van der Waals surface area contributed by atoms with Crippen molar-refractivity contribution in [2.45, 2.75) is 50.0 Å². The minimum absolute atomic E-state index is 0.0598. The molecule has 9 atom stereocenters. The Bertz CT molecular complexity index is 744. The molecule has 11 heteroatoms. The quantitative estimate of drug-likeness (QED) is 0.283. The molecule has 0 bridgehead atoms. The van der Waals surface area contributed by atoms with Gasteiger partial charge in [-0.2, -0.15) is 0 Å². The van der Waals surface area contributed by atoms with Crippen molar-refractivity contribution in [2.24, 2.45) is 11.8 Å². The van der Waals surface area contributed by atoms with E-state index in [1.165, 1.54) is 13.2 Å². The van der Waals surface area contributed by atoms with Gasteiger partial charge in [0.2, 0.25) is 6.29 Å². The van der Waals surface area contributed by atoms with Gasteiger partial charge in [0.25, 0.3) is 0 Å². The van der Waals surface area contributed by atoms with Crippen molar-refractivity contribution in [3.63, 3.8) is 0 Å². The van der Waals surface area contributed by atoms with E-state index < -0.39 is 73.5 Å². The van der Waals surface area contributed by atoms with Crippen molar-refractivity contribution in [1.82, 2.24) is 0 Å². The topological polar surface area (TPSA) is 161 Å². The first-order valence-corrected chi connectivity index (χ1v) is 9.18. The van der Waals surface area contributed by atoms with E-state index in [9.17, 15) is 30.0 Å². The number of ether oxygens (including phenoxy) is 5. The van der Waals surface area contributed by atoms with Gasteiger partial charge in [-0.25, -0.2) is 4.79 Å². The number of hydrogen-bond donors (Lipinski definition) is 4. The van der Waals surface area contributed by atoms with Crippen LogP contribution in [0.15, 0.2) is 23.5 Å². The number of aliphatic hydroxyl groups is 4. The van der Waals surface area contributed by atoms with Gasteiger partial charge in [0.15, 0.2) is 6.29 Å². The number of aliphatic hydroxyl groups excluding tert-OH is 4. The van der Waals surface area contributed by atoms with Crippen molar-refractivity contribution in [1.29, 1.82) is 0 Å². The molecule has 0 spiro atoms. The summed E-state index contributed by atoms with van der Waals surface area (Å²) in [5, 5.41) is 39.4. The van der Waals surface area contributed by atoms with E-state index in [2.05, 4.69) is 0 Å². The average Bonchev–Trinajstić information content (AvgIpc) is 3.20. The highest BCUT2D eigenvalue weighted by Gasteiger charge is 2.56. The molecule has 0 aromatic carbocycles. The van der Waals surface area contributed by atoms with Crippen LogP contribution < -0.4 is 0 Å². The van der Waals surface area contributed by atoms with E-state index in [-0.39, 0.29) is 6.61 Å². The highest BCUT2D eigenvalue weighted by atomic mass is 16.8. The molecule has 0 amide bonds. The Morgan fingerprint density at radius 2 is 1.90 bits per heavy atom. The molecule has 2 fully saturated rings. The van der Waals surface area contributed by atoms with Crippen LogP contribution in [0.2, 0.25) is 0 Å². The fourth-order valence-electron chi connectivity index (χ4n) is 4.12. The lowest BCUT2D eigenvalue weighted by Crippen LogP contribution is -2.60. The molecule has 0 unspecified atom stereocenters. The van der Waals surface area contributed by atoms with Crippen LogP contribution >= 0.6 is 0 Å². The molecule has 4 rings (SSSR count). The summed E-state index contributed by atoms with van der Waals surface area (Å²) in [6.07, 6.45) is -6.03. The van der Waals surface area contributed by atoms with Crippen molar-refractivity contribution < 1.29 is 53.7 Å². The van der Waals surface area contributed by atoms with Crippen LogP contribution in [0.25, 0.3) is 0 Å². The first-order chi connectivity index (χ1) is 13.8. The Morgan fingerprint density at radius 3 is 2.59 bits per heavy atom. The second-order valence-corrected chi connectivity index (χ2v) is 7.35. The maximum Gasteiger partial charge on any atom is 0.338 e. The molecule has 2 saturated heterocycles. The van der Waals surface area contributed by atoms with Gasteiger partial charge in [-0.15, -0.1) is 0 Å². The number of rotatable bonds is 5. The standard InChI is InChI=1S/C18H22O11/c1-6(20)25-4-7-2-9-12-8(16(24)27-9)5-26-17(11(7)12)29-18-15(23)14(22)13(21)10(3-19)28-18/h2,5,9-15,17-19,21-23H,3-4H2,1H3/t9-,10-,11-,12-,13-,14+,15-,17-,18+/m0/s1. The number of esters is 2. The zero-order valence-electron chi connectivity index (χ0n) is 15.4. The smallest absolute Gasteiger partial charge is 0.338 e. The molecule has 0 radical (unpaired) electrons. The van der Waals surface area contributed by atoms with Crippen LogP contribution in [0.1, 0.15) is 6.92 Å². The van der Waals surface area contributed by atoms with Gasteiger partial charge in [0, 0.05) is 12.8 Å². The zero-order chi connectivity index (χ0) is 20.9. The summed E-state index contributed by atoms with van der Waals surface area (Å²) in [7, 11) is 0. The van der Waals surface area contributed by atoms with E-state index in [0.717, 1.165) is 0 Å². The highest BCUT2D eigenvalue weighted by molar-refractivity contribution is 5.92. The molecular formula is C18H22O11. The number of carbonyl (C=O) groups is 2. The molecule has 3 aliphatic heterocycles. The first kappa shape index (κ1) is 20.3. The largest absolute Gasteiger partial charge is 0.471 e. The molecule has 0 aromatic heterocycles. The Labute approximate surface area is 165 Å². The van der Waals surface area contributed by atoms with E-state index in [1.807, 2.05) is 0 Å².